The summed E-state index contributed by atoms with van der Waals surface area (Å²) in [6.07, 6.45) is 4.63. The van der Waals surface area contributed by atoms with E-state index in [-0.39, 0.29) is 11.5 Å². The third-order valence-electron chi connectivity index (χ3n) is 3.36. The Labute approximate surface area is 105 Å². The summed E-state index contributed by atoms with van der Waals surface area (Å²) in [5.41, 5.74) is 5.34. The highest BCUT2D eigenvalue weighted by atomic mass is 16.6. The van der Waals surface area contributed by atoms with Gasteiger partial charge in [-0.25, -0.2) is 4.98 Å². The van der Waals surface area contributed by atoms with Gasteiger partial charge >= 0.3 is 5.69 Å². The predicted octanol–water partition coefficient (Wildman–Crippen LogP) is 1.59. The maximum Gasteiger partial charge on any atom is 0.329 e. The van der Waals surface area contributed by atoms with Gasteiger partial charge in [-0.1, -0.05) is 13.3 Å². The average molecular weight is 251 g/mol. The molecule has 1 atom stereocenters. The van der Waals surface area contributed by atoms with Crippen LogP contribution < -0.4 is 10.6 Å². The SMILES string of the molecule is CCC1CCCN(c2ncc([N+](=O)[O-])c(N)n2)C1. The minimum atomic E-state index is -0.565. The number of nitrogen functional groups attached to an aromatic ring is 1. The maximum absolute atomic E-state index is 10.6. The molecule has 1 aromatic heterocycles. The maximum atomic E-state index is 10.6. The molecule has 1 aliphatic rings. The first kappa shape index (κ1) is 12.5. The molecule has 0 bridgehead atoms. The van der Waals surface area contributed by atoms with E-state index in [9.17, 15) is 10.1 Å². The molecule has 0 aromatic carbocycles. The van der Waals surface area contributed by atoms with Crippen LogP contribution in [-0.2, 0) is 0 Å². The molecule has 0 saturated carbocycles. The molecule has 18 heavy (non-hydrogen) atoms. The summed E-state index contributed by atoms with van der Waals surface area (Å²) < 4.78 is 0. The van der Waals surface area contributed by atoms with Crippen molar-refractivity contribution in [2.45, 2.75) is 26.2 Å². The zero-order valence-electron chi connectivity index (χ0n) is 10.4. The number of nitrogens with two attached hydrogens (primary N) is 1. The lowest BCUT2D eigenvalue weighted by Crippen LogP contribution is -2.36. The van der Waals surface area contributed by atoms with Crippen molar-refractivity contribution in [2.24, 2.45) is 5.92 Å². The predicted molar refractivity (Wildman–Crippen MR) is 68.3 cm³/mol. The van der Waals surface area contributed by atoms with E-state index in [2.05, 4.69) is 21.8 Å². The molecular formula is C11H17N5O2. The van der Waals surface area contributed by atoms with Crippen molar-refractivity contribution in [1.29, 1.82) is 0 Å². The standard InChI is InChI=1S/C11H17N5O2/c1-2-8-4-3-5-15(7-8)11-13-6-9(16(17)18)10(12)14-11/h6,8H,2-5,7H2,1H3,(H2,12,13,14). The van der Waals surface area contributed by atoms with E-state index in [1.54, 1.807) is 0 Å². The summed E-state index contributed by atoms with van der Waals surface area (Å²) in [5.74, 6) is 1.07. The van der Waals surface area contributed by atoms with E-state index >= 15 is 0 Å². The second kappa shape index (κ2) is 5.16. The number of anilines is 2. The van der Waals surface area contributed by atoms with Crippen molar-refractivity contribution < 1.29 is 4.92 Å². The Morgan fingerprint density at radius 2 is 2.44 bits per heavy atom. The fraction of sp³-hybridized carbons (Fsp3) is 0.636. The Morgan fingerprint density at radius 1 is 1.67 bits per heavy atom. The number of hydrogen-bond acceptors (Lipinski definition) is 6. The summed E-state index contributed by atoms with van der Waals surface area (Å²) in [4.78, 5) is 20.2. The number of rotatable bonds is 3. The molecule has 0 amide bonds. The smallest absolute Gasteiger partial charge is 0.329 e. The summed E-state index contributed by atoms with van der Waals surface area (Å²) in [7, 11) is 0. The first-order valence-electron chi connectivity index (χ1n) is 6.13. The number of aromatic nitrogens is 2. The Bertz CT molecular complexity index is 451. The van der Waals surface area contributed by atoms with Crippen molar-refractivity contribution in [2.75, 3.05) is 23.7 Å². The molecule has 1 unspecified atom stereocenters. The van der Waals surface area contributed by atoms with Crippen LogP contribution in [0.3, 0.4) is 0 Å². The Balaban J connectivity index is 2.18. The molecule has 1 aliphatic heterocycles. The van der Waals surface area contributed by atoms with Gasteiger partial charge in [0, 0.05) is 13.1 Å². The first-order valence-corrected chi connectivity index (χ1v) is 6.13. The molecular weight excluding hydrogens is 234 g/mol. The van der Waals surface area contributed by atoms with E-state index in [0.29, 0.717) is 11.9 Å². The van der Waals surface area contributed by atoms with Crippen LogP contribution >= 0.6 is 0 Å². The molecule has 1 saturated heterocycles. The van der Waals surface area contributed by atoms with Crippen LogP contribution in [0.15, 0.2) is 6.20 Å². The lowest BCUT2D eigenvalue weighted by atomic mass is 9.96. The zero-order valence-corrected chi connectivity index (χ0v) is 10.4. The number of nitro groups is 1. The minimum Gasteiger partial charge on any atom is -0.378 e. The van der Waals surface area contributed by atoms with Gasteiger partial charge in [0.25, 0.3) is 0 Å². The van der Waals surface area contributed by atoms with Crippen LogP contribution in [-0.4, -0.2) is 28.0 Å². The molecule has 2 N–H and O–H groups in total. The molecule has 0 aliphatic carbocycles. The highest BCUT2D eigenvalue weighted by Gasteiger charge is 2.22. The average Bonchev–Trinajstić information content (AvgIpc) is 2.38. The van der Waals surface area contributed by atoms with Crippen molar-refractivity contribution in [3.63, 3.8) is 0 Å². The van der Waals surface area contributed by atoms with Crippen LogP contribution in [0.2, 0.25) is 0 Å². The van der Waals surface area contributed by atoms with E-state index in [1.165, 1.54) is 12.6 Å². The van der Waals surface area contributed by atoms with Crippen LogP contribution in [0.5, 0.6) is 0 Å². The molecule has 1 aromatic rings. The van der Waals surface area contributed by atoms with Crippen LogP contribution in [0.25, 0.3) is 0 Å². The second-order valence-electron chi connectivity index (χ2n) is 4.56. The monoisotopic (exact) mass is 251 g/mol. The highest BCUT2D eigenvalue weighted by molar-refractivity contribution is 5.53. The molecule has 2 rings (SSSR count). The molecule has 7 heteroatoms. The largest absolute Gasteiger partial charge is 0.378 e. The fourth-order valence-electron chi connectivity index (χ4n) is 2.25. The van der Waals surface area contributed by atoms with Gasteiger partial charge in [-0.3, -0.25) is 10.1 Å². The van der Waals surface area contributed by atoms with Crippen LogP contribution in [0.4, 0.5) is 17.5 Å². The van der Waals surface area contributed by atoms with E-state index < -0.39 is 4.92 Å². The Hall–Kier alpha value is -1.92. The van der Waals surface area contributed by atoms with Gasteiger partial charge in [0.15, 0.2) is 0 Å². The molecule has 1 fully saturated rings. The lowest BCUT2D eigenvalue weighted by molar-refractivity contribution is -0.384. The van der Waals surface area contributed by atoms with Crippen molar-refractivity contribution in [3.05, 3.63) is 16.3 Å². The van der Waals surface area contributed by atoms with E-state index in [1.807, 2.05) is 0 Å². The molecule has 2 heterocycles. The van der Waals surface area contributed by atoms with E-state index in [4.69, 9.17) is 5.73 Å². The highest BCUT2D eigenvalue weighted by Crippen LogP contribution is 2.25. The molecule has 0 radical (unpaired) electrons. The van der Waals surface area contributed by atoms with Gasteiger partial charge in [0.05, 0.1) is 4.92 Å². The summed E-state index contributed by atoms with van der Waals surface area (Å²) >= 11 is 0. The summed E-state index contributed by atoms with van der Waals surface area (Å²) in [6.45, 7) is 3.95. The van der Waals surface area contributed by atoms with Gasteiger partial charge in [-0.15, -0.1) is 0 Å². The third-order valence-corrected chi connectivity index (χ3v) is 3.36. The van der Waals surface area contributed by atoms with Gasteiger partial charge in [-0.2, -0.15) is 4.98 Å². The van der Waals surface area contributed by atoms with Crippen LogP contribution in [0.1, 0.15) is 26.2 Å². The fourth-order valence-corrected chi connectivity index (χ4v) is 2.25. The molecule has 0 spiro atoms. The number of hydrogen-bond donors (Lipinski definition) is 1. The van der Waals surface area contributed by atoms with Crippen molar-refractivity contribution in [3.8, 4) is 0 Å². The molecule has 98 valence electrons. The normalized spacial score (nSPS) is 19.8. The molecule has 7 nitrogen and oxygen atoms in total. The zero-order chi connectivity index (χ0) is 13.1. The van der Waals surface area contributed by atoms with Gasteiger partial charge in [0.2, 0.25) is 11.8 Å². The lowest BCUT2D eigenvalue weighted by Gasteiger charge is -2.32. The first-order chi connectivity index (χ1) is 8.61. The van der Waals surface area contributed by atoms with Crippen molar-refractivity contribution >= 4 is 17.5 Å². The Kier molecular flexibility index (Phi) is 3.59. The third kappa shape index (κ3) is 2.49. The topological polar surface area (TPSA) is 98.2 Å². The summed E-state index contributed by atoms with van der Waals surface area (Å²) in [6, 6.07) is 0. The number of piperidine rings is 1. The van der Waals surface area contributed by atoms with Gasteiger partial charge in [0.1, 0.15) is 6.20 Å². The van der Waals surface area contributed by atoms with E-state index in [0.717, 1.165) is 25.9 Å². The van der Waals surface area contributed by atoms with Gasteiger partial charge in [-0.05, 0) is 18.8 Å². The van der Waals surface area contributed by atoms with Gasteiger partial charge < -0.3 is 10.6 Å². The second-order valence-corrected chi connectivity index (χ2v) is 4.56. The van der Waals surface area contributed by atoms with Crippen LogP contribution in [0, 0.1) is 16.0 Å². The minimum absolute atomic E-state index is 0.0661. The number of nitrogens with zero attached hydrogens (tertiary/aromatic N) is 4. The summed E-state index contributed by atoms with van der Waals surface area (Å²) in [5, 5.41) is 10.6. The quantitative estimate of drug-likeness (QED) is 0.647. The van der Waals surface area contributed by atoms with Crippen molar-refractivity contribution in [1.82, 2.24) is 9.97 Å². The Morgan fingerprint density at radius 3 is 3.06 bits per heavy atom.